The van der Waals surface area contributed by atoms with Crippen LogP contribution in [0.3, 0.4) is 0 Å². The van der Waals surface area contributed by atoms with Gasteiger partial charge in [0.2, 0.25) is 0 Å². The number of ether oxygens (including phenoxy) is 1. The van der Waals surface area contributed by atoms with Crippen LogP contribution < -0.4 is 15.4 Å². The van der Waals surface area contributed by atoms with Gasteiger partial charge < -0.3 is 20.5 Å². The maximum absolute atomic E-state index is 11.4. The molecule has 0 amide bonds. The summed E-state index contributed by atoms with van der Waals surface area (Å²) >= 11 is 5.30. The number of carbonyl (C=O) groups is 1. The quantitative estimate of drug-likeness (QED) is 0.320. The van der Waals surface area contributed by atoms with Crippen LogP contribution in [-0.4, -0.2) is 38.1 Å². The van der Waals surface area contributed by atoms with Crippen molar-refractivity contribution >= 4 is 35.0 Å². The highest BCUT2D eigenvalue weighted by Gasteiger charge is 2.17. The fourth-order valence-electron chi connectivity index (χ4n) is 2.56. The monoisotopic (exact) mass is 415 g/mol. The van der Waals surface area contributed by atoms with Crippen LogP contribution in [-0.2, 0) is 0 Å². The third kappa shape index (κ3) is 5.95. The van der Waals surface area contributed by atoms with Crippen molar-refractivity contribution in [3.63, 3.8) is 0 Å². The van der Waals surface area contributed by atoms with Crippen molar-refractivity contribution in [2.45, 2.75) is 46.6 Å². The van der Waals surface area contributed by atoms with E-state index in [1.165, 1.54) is 0 Å². The number of aromatic carboxylic acids is 1. The summed E-state index contributed by atoms with van der Waals surface area (Å²) in [6, 6.07) is 5.00. The lowest BCUT2D eigenvalue weighted by molar-refractivity contribution is 0.0695. The number of hydrogen-bond acceptors (Lipinski definition) is 6. The molecule has 0 radical (unpaired) electrons. The van der Waals surface area contributed by atoms with Gasteiger partial charge in [-0.05, 0) is 62.7 Å². The summed E-state index contributed by atoms with van der Waals surface area (Å²) in [6.07, 6.45) is 1.59. The summed E-state index contributed by atoms with van der Waals surface area (Å²) in [7, 11) is 0. The SMILES string of the molecule is Cc1nc(NC(=S)NC(=N)c2ccc(OC(C)C)cn2)c(C(C)C)cc1C(=O)O. The number of aromatic nitrogens is 2. The molecule has 4 N–H and O–H groups in total. The Kier molecular flexibility index (Phi) is 7.22. The smallest absolute Gasteiger partial charge is 0.337 e. The van der Waals surface area contributed by atoms with Crippen LogP contribution in [0.15, 0.2) is 24.4 Å². The number of pyridine rings is 2. The predicted octanol–water partition coefficient (Wildman–Crippen LogP) is 3.71. The van der Waals surface area contributed by atoms with Gasteiger partial charge in [-0.2, -0.15) is 0 Å². The number of thiocarbonyl (C=S) groups is 1. The standard InChI is InChI=1S/C20H25N5O3S/c1-10(2)14-8-15(19(26)27)12(5)23-18(14)25-20(29)24-17(21)16-7-6-13(9-22-16)28-11(3)4/h6-11H,1-5H3,(H,26,27)(H3,21,23,24,25,29). The Morgan fingerprint density at radius 1 is 1.28 bits per heavy atom. The first-order chi connectivity index (χ1) is 13.6. The molecule has 0 aliphatic carbocycles. The average molecular weight is 416 g/mol. The van der Waals surface area contributed by atoms with Crippen LogP contribution in [0.1, 0.15) is 60.9 Å². The van der Waals surface area contributed by atoms with Crippen LogP contribution in [0.5, 0.6) is 5.75 Å². The summed E-state index contributed by atoms with van der Waals surface area (Å²) in [5.41, 5.74) is 1.65. The second-order valence-corrected chi connectivity index (χ2v) is 7.43. The van der Waals surface area contributed by atoms with E-state index >= 15 is 0 Å². The van der Waals surface area contributed by atoms with Gasteiger partial charge in [-0.1, -0.05) is 13.8 Å². The van der Waals surface area contributed by atoms with E-state index in [1.54, 1.807) is 31.3 Å². The van der Waals surface area contributed by atoms with Crippen molar-refractivity contribution in [1.82, 2.24) is 15.3 Å². The Morgan fingerprint density at radius 3 is 2.48 bits per heavy atom. The molecular weight excluding hydrogens is 390 g/mol. The molecule has 2 aromatic heterocycles. The molecule has 0 fully saturated rings. The van der Waals surface area contributed by atoms with E-state index in [0.717, 1.165) is 5.56 Å². The van der Waals surface area contributed by atoms with Crippen LogP contribution in [0, 0.1) is 12.3 Å². The number of amidine groups is 1. The van der Waals surface area contributed by atoms with Gasteiger partial charge in [-0.25, -0.2) is 14.8 Å². The van der Waals surface area contributed by atoms with Gasteiger partial charge in [0.1, 0.15) is 17.3 Å². The Labute approximate surface area is 175 Å². The van der Waals surface area contributed by atoms with E-state index in [0.29, 0.717) is 23.0 Å². The highest BCUT2D eigenvalue weighted by molar-refractivity contribution is 7.80. The third-order valence-electron chi connectivity index (χ3n) is 3.93. The molecule has 0 aliphatic rings. The Morgan fingerprint density at radius 2 is 1.97 bits per heavy atom. The molecule has 0 aromatic carbocycles. The first kappa shape index (κ1) is 22.2. The first-order valence-corrected chi connectivity index (χ1v) is 9.53. The molecule has 0 atom stereocenters. The minimum atomic E-state index is -1.03. The fourth-order valence-corrected chi connectivity index (χ4v) is 2.76. The minimum absolute atomic E-state index is 0.0172. The van der Waals surface area contributed by atoms with Crippen molar-refractivity contribution in [2.24, 2.45) is 0 Å². The highest BCUT2D eigenvalue weighted by Crippen LogP contribution is 2.25. The summed E-state index contributed by atoms with van der Waals surface area (Å²) in [5.74, 6) is 0.102. The van der Waals surface area contributed by atoms with E-state index in [4.69, 9.17) is 22.4 Å². The lowest BCUT2D eigenvalue weighted by Crippen LogP contribution is -2.35. The van der Waals surface area contributed by atoms with Crippen LogP contribution in [0.2, 0.25) is 0 Å². The average Bonchev–Trinajstić information content (AvgIpc) is 2.61. The van der Waals surface area contributed by atoms with Crippen LogP contribution >= 0.6 is 12.2 Å². The molecule has 0 bridgehead atoms. The molecule has 0 aliphatic heterocycles. The van der Waals surface area contributed by atoms with Crippen molar-refractivity contribution in [2.75, 3.05) is 5.32 Å². The van der Waals surface area contributed by atoms with E-state index in [9.17, 15) is 9.90 Å². The summed E-state index contributed by atoms with van der Waals surface area (Å²) < 4.78 is 5.54. The number of hydrogen-bond donors (Lipinski definition) is 4. The molecule has 9 heteroatoms. The van der Waals surface area contributed by atoms with Gasteiger partial charge in [-0.3, -0.25) is 5.41 Å². The van der Waals surface area contributed by atoms with E-state index < -0.39 is 5.97 Å². The zero-order valence-electron chi connectivity index (χ0n) is 17.0. The predicted molar refractivity (Wildman–Crippen MR) is 116 cm³/mol. The minimum Gasteiger partial charge on any atom is -0.489 e. The zero-order valence-corrected chi connectivity index (χ0v) is 17.8. The van der Waals surface area contributed by atoms with Crippen molar-refractivity contribution in [3.8, 4) is 5.75 Å². The largest absolute Gasteiger partial charge is 0.489 e. The van der Waals surface area contributed by atoms with E-state index in [2.05, 4.69) is 20.6 Å². The molecule has 2 heterocycles. The molecule has 0 saturated heterocycles. The molecule has 8 nitrogen and oxygen atoms in total. The number of nitrogens with zero attached hydrogens (tertiary/aromatic N) is 2. The lowest BCUT2D eigenvalue weighted by Gasteiger charge is -2.17. The van der Waals surface area contributed by atoms with Gasteiger partial charge in [0.25, 0.3) is 0 Å². The maximum Gasteiger partial charge on any atom is 0.337 e. The third-order valence-corrected chi connectivity index (χ3v) is 4.13. The Balaban J connectivity index is 2.13. The fraction of sp³-hybridized carbons (Fsp3) is 0.350. The van der Waals surface area contributed by atoms with Gasteiger partial charge in [0.05, 0.1) is 23.6 Å². The van der Waals surface area contributed by atoms with Crippen LogP contribution in [0.4, 0.5) is 5.82 Å². The normalized spacial score (nSPS) is 10.7. The summed E-state index contributed by atoms with van der Waals surface area (Å²) in [5, 5.41) is 23.4. The second kappa shape index (κ2) is 9.42. The molecule has 2 rings (SSSR count). The molecule has 0 saturated carbocycles. The van der Waals surface area contributed by atoms with Gasteiger partial charge >= 0.3 is 5.97 Å². The van der Waals surface area contributed by atoms with Gasteiger partial charge in [0, 0.05) is 0 Å². The lowest BCUT2D eigenvalue weighted by atomic mass is 10.0. The molecule has 29 heavy (non-hydrogen) atoms. The number of nitrogens with one attached hydrogen (secondary N) is 3. The maximum atomic E-state index is 11.4. The van der Waals surface area contributed by atoms with Crippen molar-refractivity contribution in [1.29, 1.82) is 5.41 Å². The topological polar surface area (TPSA) is 120 Å². The number of anilines is 1. The molecule has 0 unspecified atom stereocenters. The Bertz CT molecular complexity index is 926. The molecule has 0 spiro atoms. The summed E-state index contributed by atoms with van der Waals surface area (Å²) in [4.78, 5) is 19.9. The number of aryl methyl sites for hydroxylation is 1. The van der Waals surface area contributed by atoms with E-state index in [-0.39, 0.29) is 28.5 Å². The first-order valence-electron chi connectivity index (χ1n) is 9.13. The number of carboxylic acid groups (broad SMARTS) is 1. The van der Waals surface area contributed by atoms with E-state index in [1.807, 2.05) is 27.7 Å². The number of rotatable bonds is 6. The van der Waals surface area contributed by atoms with Crippen molar-refractivity contribution < 1.29 is 14.6 Å². The molecule has 2 aromatic rings. The van der Waals surface area contributed by atoms with Gasteiger partial charge in [-0.15, -0.1) is 0 Å². The second-order valence-electron chi connectivity index (χ2n) is 7.02. The zero-order chi connectivity index (χ0) is 21.7. The van der Waals surface area contributed by atoms with Crippen molar-refractivity contribution in [3.05, 3.63) is 46.9 Å². The molecular formula is C20H25N5O3S. The van der Waals surface area contributed by atoms with Crippen LogP contribution in [0.25, 0.3) is 0 Å². The highest BCUT2D eigenvalue weighted by atomic mass is 32.1. The van der Waals surface area contributed by atoms with Gasteiger partial charge in [0.15, 0.2) is 10.9 Å². The Hall–Kier alpha value is -3.07. The molecule has 154 valence electrons. The number of carboxylic acids is 1. The summed E-state index contributed by atoms with van der Waals surface area (Å²) in [6.45, 7) is 9.35.